The predicted molar refractivity (Wildman–Crippen MR) is 276 cm³/mol. The van der Waals surface area contributed by atoms with Crippen molar-refractivity contribution in [1.29, 1.82) is 0 Å². The van der Waals surface area contributed by atoms with E-state index in [-0.39, 0.29) is 13.0 Å². The molecular formula is C55H97O12P. The summed E-state index contributed by atoms with van der Waals surface area (Å²) in [6, 6.07) is 0. The number of rotatable bonds is 45. The number of unbranched alkanes of at least 4 members (excludes halogenated alkanes) is 21. The molecule has 1 aliphatic carbocycles. The maximum Gasteiger partial charge on any atom is 0.472 e. The first kappa shape index (κ1) is 63.8. The highest BCUT2D eigenvalue weighted by Crippen LogP contribution is 2.47. The lowest BCUT2D eigenvalue weighted by molar-refractivity contribution is -0.220. The minimum atomic E-state index is -5.04. The molecule has 6 N–H and O–H groups in total. The number of carbonyl (C=O) groups is 1. The SMILES string of the molecule is CCCCC/C=C\C/C=C\C/C=C\CCCCCCCCC(=O)OC(COCCCCCCCCC/C=C\C/C=C\C/C=C\CCCCCCC)COP(=O)(O)OC1C(O)C(O)C(O)C(O)C1O. The molecule has 1 fully saturated rings. The highest BCUT2D eigenvalue weighted by atomic mass is 31.2. The minimum Gasteiger partial charge on any atom is -0.457 e. The van der Waals surface area contributed by atoms with Gasteiger partial charge in [-0.05, 0) is 89.9 Å². The third-order valence-electron chi connectivity index (χ3n) is 12.1. The van der Waals surface area contributed by atoms with Gasteiger partial charge in [0.25, 0.3) is 0 Å². The van der Waals surface area contributed by atoms with E-state index in [0.717, 1.165) is 96.3 Å². The zero-order valence-corrected chi connectivity index (χ0v) is 43.3. The van der Waals surface area contributed by atoms with Gasteiger partial charge in [0.05, 0.1) is 13.2 Å². The van der Waals surface area contributed by atoms with Crippen LogP contribution in [0.2, 0.25) is 0 Å². The molecular weight excluding hydrogens is 884 g/mol. The van der Waals surface area contributed by atoms with Crippen molar-refractivity contribution in [3.05, 3.63) is 72.9 Å². The summed E-state index contributed by atoms with van der Waals surface area (Å²) in [4.78, 5) is 23.3. The number of aliphatic hydroxyl groups is 5. The second kappa shape index (κ2) is 44.7. The summed E-state index contributed by atoms with van der Waals surface area (Å²) in [6.07, 6.45) is 46.7. The van der Waals surface area contributed by atoms with E-state index in [1.807, 2.05) is 0 Å². The van der Waals surface area contributed by atoms with Crippen LogP contribution in [0.25, 0.3) is 0 Å². The molecule has 0 saturated heterocycles. The quantitative estimate of drug-likeness (QED) is 0.0147. The number of esters is 1. The van der Waals surface area contributed by atoms with Crippen molar-refractivity contribution in [2.24, 2.45) is 0 Å². The number of hydrogen-bond acceptors (Lipinski definition) is 11. The molecule has 12 nitrogen and oxygen atoms in total. The maximum atomic E-state index is 12.9. The van der Waals surface area contributed by atoms with Crippen LogP contribution in [0.3, 0.4) is 0 Å². The van der Waals surface area contributed by atoms with Gasteiger partial charge in [0.15, 0.2) is 0 Å². The minimum absolute atomic E-state index is 0.0923. The molecule has 0 aliphatic heterocycles. The van der Waals surface area contributed by atoms with Crippen LogP contribution in [0.15, 0.2) is 72.9 Å². The monoisotopic (exact) mass is 981 g/mol. The van der Waals surface area contributed by atoms with E-state index in [4.69, 9.17) is 18.5 Å². The molecule has 394 valence electrons. The van der Waals surface area contributed by atoms with Gasteiger partial charge in [0, 0.05) is 13.0 Å². The van der Waals surface area contributed by atoms with Crippen molar-refractivity contribution < 1.29 is 58.3 Å². The first-order valence-electron chi connectivity index (χ1n) is 26.8. The molecule has 1 rings (SSSR count). The fourth-order valence-electron chi connectivity index (χ4n) is 7.78. The lowest BCUT2D eigenvalue weighted by Gasteiger charge is -2.41. The summed E-state index contributed by atoms with van der Waals surface area (Å²) in [5.41, 5.74) is 0. The smallest absolute Gasteiger partial charge is 0.457 e. The highest BCUT2D eigenvalue weighted by Gasteiger charge is 2.51. The third kappa shape index (κ3) is 35.8. The van der Waals surface area contributed by atoms with E-state index in [1.54, 1.807) is 0 Å². The van der Waals surface area contributed by atoms with Gasteiger partial charge in [0.2, 0.25) is 0 Å². The van der Waals surface area contributed by atoms with Crippen LogP contribution in [0, 0.1) is 0 Å². The zero-order chi connectivity index (χ0) is 49.8. The van der Waals surface area contributed by atoms with Crippen molar-refractivity contribution in [2.45, 2.75) is 249 Å². The van der Waals surface area contributed by atoms with E-state index >= 15 is 0 Å². The number of ether oxygens (including phenoxy) is 2. The number of allylic oxidation sites excluding steroid dienone is 12. The van der Waals surface area contributed by atoms with Crippen LogP contribution in [-0.2, 0) is 27.9 Å². The predicted octanol–water partition coefficient (Wildman–Crippen LogP) is 12.3. The van der Waals surface area contributed by atoms with Crippen LogP contribution in [0.4, 0.5) is 0 Å². The second-order valence-corrected chi connectivity index (χ2v) is 19.8. The molecule has 0 spiro atoms. The topological polar surface area (TPSA) is 192 Å². The Morgan fingerprint density at radius 2 is 0.824 bits per heavy atom. The highest BCUT2D eigenvalue weighted by molar-refractivity contribution is 7.47. The third-order valence-corrected chi connectivity index (χ3v) is 13.0. The molecule has 1 aliphatic rings. The maximum absolute atomic E-state index is 12.9. The summed E-state index contributed by atoms with van der Waals surface area (Å²) in [7, 11) is -5.04. The van der Waals surface area contributed by atoms with E-state index in [0.29, 0.717) is 13.0 Å². The zero-order valence-electron chi connectivity index (χ0n) is 42.4. The van der Waals surface area contributed by atoms with Crippen molar-refractivity contribution >= 4 is 13.8 Å². The van der Waals surface area contributed by atoms with E-state index < -0.39 is 63.1 Å². The van der Waals surface area contributed by atoms with Crippen molar-refractivity contribution in [3.63, 3.8) is 0 Å². The fourth-order valence-corrected chi connectivity index (χ4v) is 8.75. The number of phosphoric ester groups is 1. The van der Waals surface area contributed by atoms with E-state index in [1.165, 1.54) is 83.5 Å². The molecule has 0 radical (unpaired) electrons. The standard InChI is InChI=1S/C55H97O12P/c1-3-5-7-9-11-13-15-17-19-21-23-24-25-27-29-31-33-35-37-39-41-43-45-64-46-48(47-65-68(62,63)67-55-53(60)51(58)50(57)52(59)54(55)61)66-49(56)44-42-40-38-36-34-32-30-28-26-22-20-18-16-14-12-10-8-6-4-2/h12,14-15,17-18,20-21,23,25-28,48,50-55,57-61H,3-11,13,16,19,22,24,29-47H2,1-2H3,(H,62,63)/b14-12-,17-15-,20-18-,23-21-,27-25-,28-26-. The van der Waals surface area contributed by atoms with Crippen LogP contribution >= 0.6 is 7.82 Å². The number of phosphoric acid groups is 1. The van der Waals surface area contributed by atoms with Gasteiger partial charge in [0.1, 0.15) is 42.7 Å². The second-order valence-electron chi connectivity index (χ2n) is 18.4. The molecule has 0 aromatic heterocycles. The molecule has 1 saturated carbocycles. The normalized spacial score (nSPS) is 21.7. The molecule has 0 aromatic carbocycles. The average molecular weight is 981 g/mol. The fraction of sp³-hybridized carbons (Fsp3) is 0.764. The number of carbonyl (C=O) groups excluding carboxylic acids is 1. The molecule has 6 atom stereocenters. The Bertz CT molecular complexity index is 1400. The van der Waals surface area contributed by atoms with Gasteiger partial charge in [-0.25, -0.2) is 4.57 Å². The summed E-state index contributed by atoms with van der Waals surface area (Å²) >= 11 is 0. The Labute approximate surface area is 412 Å². The molecule has 0 amide bonds. The van der Waals surface area contributed by atoms with Gasteiger partial charge in [-0.15, -0.1) is 0 Å². The summed E-state index contributed by atoms with van der Waals surface area (Å²) in [6.45, 7) is 4.20. The lowest BCUT2D eigenvalue weighted by Crippen LogP contribution is -2.64. The van der Waals surface area contributed by atoms with Gasteiger partial charge in [-0.2, -0.15) is 0 Å². The van der Waals surface area contributed by atoms with Crippen LogP contribution in [-0.4, -0.2) is 98.9 Å². The largest absolute Gasteiger partial charge is 0.472 e. The first-order valence-corrected chi connectivity index (χ1v) is 28.3. The van der Waals surface area contributed by atoms with Crippen molar-refractivity contribution in [1.82, 2.24) is 0 Å². The molecule has 6 unspecified atom stereocenters. The Kier molecular flexibility index (Phi) is 41.9. The van der Waals surface area contributed by atoms with Crippen LogP contribution in [0.1, 0.15) is 206 Å². The molecule has 68 heavy (non-hydrogen) atoms. The van der Waals surface area contributed by atoms with E-state index in [9.17, 15) is 39.8 Å². The van der Waals surface area contributed by atoms with Gasteiger partial charge in [-0.3, -0.25) is 13.8 Å². The summed E-state index contributed by atoms with van der Waals surface area (Å²) in [5.74, 6) is -0.495. The number of hydrogen-bond donors (Lipinski definition) is 6. The molecule has 0 heterocycles. The van der Waals surface area contributed by atoms with Crippen LogP contribution < -0.4 is 0 Å². The molecule has 0 aromatic rings. The Morgan fingerprint density at radius 3 is 1.28 bits per heavy atom. The average Bonchev–Trinajstić information content (AvgIpc) is 3.32. The summed E-state index contributed by atoms with van der Waals surface area (Å²) in [5, 5.41) is 50.4. The summed E-state index contributed by atoms with van der Waals surface area (Å²) < 4.78 is 34.3. The van der Waals surface area contributed by atoms with Crippen molar-refractivity contribution in [3.8, 4) is 0 Å². The lowest BCUT2D eigenvalue weighted by atomic mass is 9.85. The van der Waals surface area contributed by atoms with E-state index in [2.05, 4.69) is 86.8 Å². The Balaban J connectivity index is 2.36. The Morgan fingerprint density at radius 1 is 0.471 bits per heavy atom. The van der Waals surface area contributed by atoms with Gasteiger partial charge >= 0.3 is 13.8 Å². The number of aliphatic hydroxyl groups excluding tert-OH is 5. The molecule has 13 heteroatoms. The van der Waals surface area contributed by atoms with Crippen LogP contribution in [0.5, 0.6) is 0 Å². The van der Waals surface area contributed by atoms with Gasteiger partial charge in [-0.1, -0.05) is 183 Å². The molecule has 0 bridgehead atoms. The first-order chi connectivity index (χ1) is 33.0. The van der Waals surface area contributed by atoms with Crippen molar-refractivity contribution in [2.75, 3.05) is 19.8 Å². The van der Waals surface area contributed by atoms with Gasteiger partial charge < -0.3 is 39.9 Å². The Hall–Kier alpha value is -2.22.